The van der Waals surface area contributed by atoms with E-state index in [9.17, 15) is 9.59 Å². The number of hydrogen-bond donors (Lipinski definition) is 2. The van der Waals surface area contributed by atoms with Crippen LogP contribution in [0.3, 0.4) is 0 Å². The molecular weight excluding hydrogens is 322 g/mol. The molecule has 1 unspecified atom stereocenters. The van der Waals surface area contributed by atoms with Gasteiger partial charge in [-0.3, -0.25) is 9.59 Å². The van der Waals surface area contributed by atoms with Crippen molar-refractivity contribution in [2.24, 2.45) is 5.92 Å². The summed E-state index contributed by atoms with van der Waals surface area (Å²) in [7, 11) is 0. The van der Waals surface area contributed by atoms with Crippen LogP contribution in [-0.4, -0.2) is 22.8 Å². The van der Waals surface area contributed by atoms with Crippen molar-refractivity contribution in [1.29, 1.82) is 0 Å². The van der Waals surface area contributed by atoms with E-state index in [1.54, 1.807) is 12.1 Å². The van der Waals surface area contributed by atoms with E-state index in [0.717, 1.165) is 16.1 Å². The van der Waals surface area contributed by atoms with Crippen LogP contribution in [0.2, 0.25) is 0 Å². The molecule has 1 atom stereocenters. The van der Waals surface area contributed by atoms with Gasteiger partial charge in [0.1, 0.15) is 6.04 Å². The second kappa shape index (κ2) is 7.57. The topological polar surface area (TPSA) is 71.1 Å². The largest absolute Gasteiger partial charge is 0.340 e. The van der Waals surface area contributed by atoms with Crippen LogP contribution in [0.4, 0.5) is 5.13 Å². The van der Waals surface area contributed by atoms with Crippen molar-refractivity contribution in [1.82, 2.24) is 10.3 Å². The molecule has 5 nitrogen and oxygen atoms in total. The first kappa shape index (κ1) is 18.1. The molecule has 0 saturated heterocycles. The Labute approximate surface area is 146 Å². The highest BCUT2D eigenvalue weighted by atomic mass is 32.1. The number of anilines is 1. The highest BCUT2D eigenvalue weighted by Crippen LogP contribution is 2.21. The van der Waals surface area contributed by atoms with Gasteiger partial charge in [0.2, 0.25) is 5.91 Å². The molecule has 0 saturated carbocycles. The van der Waals surface area contributed by atoms with Crippen molar-refractivity contribution in [3.63, 3.8) is 0 Å². The number of carbonyl (C=O) groups is 2. The zero-order chi connectivity index (χ0) is 17.9. The lowest BCUT2D eigenvalue weighted by Crippen LogP contribution is -2.47. The van der Waals surface area contributed by atoms with E-state index in [4.69, 9.17) is 0 Å². The van der Waals surface area contributed by atoms with Crippen molar-refractivity contribution in [2.45, 2.75) is 40.7 Å². The second-order valence-electron chi connectivity index (χ2n) is 6.21. The maximum atomic E-state index is 12.5. The minimum absolute atomic E-state index is 0.0408. The third kappa shape index (κ3) is 4.41. The number of nitrogens with one attached hydrogen (secondary N) is 2. The molecule has 128 valence electrons. The number of amides is 2. The molecule has 1 aromatic carbocycles. The van der Waals surface area contributed by atoms with Gasteiger partial charge in [-0.1, -0.05) is 31.5 Å². The van der Waals surface area contributed by atoms with E-state index < -0.39 is 6.04 Å². The number of hydrogen-bond acceptors (Lipinski definition) is 4. The number of carbonyl (C=O) groups excluding carboxylic acids is 2. The summed E-state index contributed by atoms with van der Waals surface area (Å²) in [5.74, 6) is -0.542. The summed E-state index contributed by atoms with van der Waals surface area (Å²) in [6.45, 7) is 9.60. The number of aromatic nitrogens is 1. The Morgan fingerprint density at radius 2 is 1.88 bits per heavy atom. The van der Waals surface area contributed by atoms with Crippen LogP contribution in [0.25, 0.3) is 0 Å². The first-order chi connectivity index (χ1) is 11.3. The summed E-state index contributed by atoms with van der Waals surface area (Å²) >= 11 is 1.43. The Hall–Kier alpha value is -2.21. The summed E-state index contributed by atoms with van der Waals surface area (Å²) in [4.78, 5) is 30.4. The minimum atomic E-state index is -0.623. The standard InChI is InChI=1S/C18H23N3O2S/c1-10(2)15(17(23)21-18-19-12(4)13(5)24-18)20-16(22)14-8-6-7-11(3)9-14/h6-10,15H,1-5H3,(H,20,22)(H,19,21,23). The van der Waals surface area contributed by atoms with Crippen LogP contribution in [0.15, 0.2) is 24.3 Å². The molecule has 0 radical (unpaired) electrons. The molecule has 0 aliphatic rings. The molecule has 2 rings (SSSR count). The Balaban J connectivity index is 2.10. The molecule has 2 aromatic rings. The Kier molecular flexibility index (Phi) is 5.72. The molecule has 2 amide bonds. The molecule has 2 N–H and O–H groups in total. The first-order valence-electron chi connectivity index (χ1n) is 7.90. The average Bonchev–Trinajstić information content (AvgIpc) is 2.82. The van der Waals surface area contributed by atoms with Crippen LogP contribution in [0.1, 0.15) is 40.3 Å². The van der Waals surface area contributed by atoms with Gasteiger partial charge in [-0.25, -0.2) is 4.98 Å². The fourth-order valence-corrected chi connectivity index (χ4v) is 3.07. The Morgan fingerprint density at radius 1 is 1.17 bits per heavy atom. The van der Waals surface area contributed by atoms with Crippen LogP contribution >= 0.6 is 11.3 Å². The maximum absolute atomic E-state index is 12.5. The molecule has 0 aliphatic carbocycles. The molecule has 0 spiro atoms. The summed E-state index contributed by atoms with van der Waals surface area (Å²) in [5, 5.41) is 6.19. The maximum Gasteiger partial charge on any atom is 0.251 e. The van der Waals surface area contributed by atoms with E-state index in [1.165, 1.54) is 11.3 Å². The van der Waals surface area contributed by atoms with E-state index in [2.05, 4.69) is 15.6 Å². The quantitative estimate of drug-likeness (QED) is 0.872. The van der Waals surface area contributed by atoms with Crippen molar-refractivity contribution in [2.75, 3.05) is 5.32 Å². The molecular formula is C18H23N3O2S. The number of benzene rings is 1. The molecule has 0 aliphatic heterocycles. The monoisotopic (exact) mass is 345 g/mol. The van der Waals surface area contributed by atoms with Crippen LogP contribution < -0.4 is 10.6 Å². The zero-order valence-corrected chi connectivity index (χ0v) is 15.5. The Morgan fingerprint density at radius 3 is 2.42 bits per heavy atom. The summed E-state index contributed by atoms with van der Waals surface area (Å²) in [6.07, 6.45) is 0. The van der Waals surface area contributed by atoms with Gasteiger partial charge in [0.25, 0.3) is 5.91 Å². The second-order valence-corrected chi connectivity index (χ2v) is 7.42. The van der Waals surface area contributed by atoms with Gasteiger partial charge in [0, 0.05) is 10.4 Å². The molecule has 0 bridgehead atoms. The van der Waals surface area contributed by atoms with Crippen molar-refractivity contribution >= 4 is 28.3 Å². The fraction of sp³-hybridized carbons (Fsp3) is 0.389. The van der Waals surface area contributed by atoms with Gasteiger partial charge < -0.3 is 10.6 Å². The van der Waals surface area contributed by atoms with Crippen LogP contribution in [0, 0.1) is 26.7 Å². The lowest BCUT2D eigenvalue weighted by atomic mass is 10.0. The lowest BCUT2D eigenvalue weighted by Gasteiger charge is -2.21. The number of rotatable bonds is 5. The van der Waals surface area contributed by atoms with E-state index >= 15 is 0 Å². The van der Waals surface area contributed by atoms with E-state index in [0.29, 0.717) is 10.7 Å². The minimum Gasteiger partial charge on any atom is -0.340 e. The predicted octanol–water partition coefficient (Wildman–Crippen LogP) is 3.46. The first-order valence-corrected chi connectivity index (χ1v) is 8.72. The molecule has 1 heterocycles. The SMILES string of the molecule is Cc1cccc(C(=O)NC(C(=O)Nc2nc(C)c(C)s2)C(C)C)c1. The fourth-order valence-electron chi connectivity index (χ4n) is 2.26. The van der Waals surface area contributed by atoms with Crippen molar-refractivity contribution in [3.05, 3.63) is 46.0 Å². The van der Waals surface area contributed by atoms with E-state index in [1.807, 2.05) is 46.8 Å². The lowest BCUT2D eigenvalue weighted by molar-refractivity contribution is -0.118. The van der Waals surface area contributed by atoms with E-state index in [-0.39, 0.29) is 17.7 Å². The molecule has 24 heavy (non-hydrogen) atoms. The zero-order valence-electron chi connectivity index (χ0n) is 14.6. The normalized spacial score (nSPS) is 12.1. The molecule has 0 fully saturated rings. The average molecular weight is 345 g/mol. The third-order valence-electron chi connectivity index (χ3n) is 3.77. The highest BCUT2D eigenvalue weighted by molar-refractivity contribution is 7.15. The number of thiazole rings is 1. The molecule has 6 heteroatoms. The van der Waals surface area contributed by atoms with Crippen molar-refractivity contribution < 1.29 is 9.59 Å². The van der Waals surface area contributed by atoms with Gasteiger partial charge in [-0.15, -0.1) is 11.3 Å². The third-order valence-corrected chi connectivity index (χ3v) is 4.76. The van der Waals surface area contributed by atoms with Crippen LogP contribution in [-0.2, 0) is 4.79 Å². The summed E-state index contributed by atoms with van der Waals surface area (Å²) in [6, 6.07) is 6.68. The van der Waals surface area contributed by atoms with Gasteiger partial charge in [-0.05, 0) is 38.8 Å². The van der Waals surface area contributed by atoms with Gasteiger partial charge >= 0.3 is 0 Å². The van der Waals surface area contributed by atoms with Crippen LogP contribution in [0.5, 0.6) is 0 Å². The predicted molar refractivity (Wildman–Crippen MR) is 97.5 cm³/mol. The number of nitrogens with zero attached hydrogens (tertiary/aromatic N) is 1. The summed E-state index contributed by atoms with van der Waals surface area (Å²) in [5.41, 5.74) is 2.46. The Bertz CT molecular complexity index is 733. The smallest absolute Gasteiger partial charge is 0.251 e. The highest BCUT2D eigenvalue weighted by Gasteiger charge is 2.25. The van der Waals surface area contributed by atoms with Gasteiger partial charge in [0.05, 0.1) is 5.69 Å². The molecule has 1 aromatic heterocycles. The van der Waals surface area contributed by atoms with Crippen molar-refractivity contribution in [3.8, 4) is 0 Å². The summed E-state index contributed by atoms with van der Waals surface area (Å²) < 4.78 is 0. The number of aryl methyl sites for hydroxylation is 3. The van der Waals surface area contributed by atoms with Gasteiger partial charge in [0.15, 0.2) is 5.13 Å². The van der Waals surface area contributed by atoms with Gasteiger partial charge in [-0.2, -0.15) is 0 Å².